The third-order valence-electron chi connectivity index (χ3n) is 2.83. The fourth-order valence-electron chi connectivity index (χ4n) is 1.80. The molecule has 1 atom stereocenters. The molecule has 0 amide bonds. The first-order valence-corrected chi connectivity index (χ1v) is 4.89. The number of rotatable bonds is 2. The van der Waals surface area contributed by atoms with Crippen LogP contribution in [0, 0.1) is 20.8 Å². The average molecular weight is 194 g/mol. The summed E-state index contributed by atoms with van der Waals surface area (Å²) in [6, 6.07) is 2.05. The zero-order chi connectivity index (χ0) is 10.9. The molecule has 1 aromatic rings. The molecule has 1 aromatic carbocycles. The van der Waals surface area contributed by atoms with Crippen LogP contribution in [0.4, 0.5) is 0 Å². The highest BCUT2D eigenvalue weighted by atomic mass is 16.3. The smallest absolute Gasteiger partial charge is 0.122 e. The molecule has 0 aliphatic rings. The van der Waals surface area contributed by atoms with Crippen LogP contribution in [-0.4, -0.2) is 16.8 Å². The van der Waals surface area contributed by atoms with Crippen LogP contribution in [0.5, 0.6) is 5.75 Å². The Labute approximate surface area is 85.2 Å². The highest BCUT2D eigenvalue weighted by molar-refractivity contribution is 5.50. The summed E-state index contributed by atoms with van der Waals surface area (Å²) >= 11 is 0. The van der Waals surface area contributed by atoms with Gasteiger partial charge in [0.1, 0.15) is 5.75 Å². The molecule has 0 radical (unpaired) electrons. The maximum atomic E-state index is 9.95. The van der Waals surface area contributed by atoms with Gasteiger partial charge in [-0.05, 0) is 37.5 Å². The first kappa shape index (κ1) is 11.1. The van der Waals surface area contributed by atoms with Crippen molar-refractivity contribution in [2.45, 2.75) is 33.6 Å². The van der Waals surface area contributed by atoms with E-state index in [1.165, 1.54) is 0 Å². The van der Waals surface area contributed by atoms with E-state index in [-0.39, 0.29) is 12.5 Å². The Balaban J connectivity index is 3.36. The van der Waals surface area contributed by atoms with E-state index in [2.05, 4.69) is 6.07 Å². The highest BCUT2D eigenvalue weighted by Crippen LogP contribution is 2.33. The Morgan fingerprint density at radius 2 is 1.79 bits per heavy atom. The van der Waals surface area contributed by atoms with Gasteiger partial charge in [-0.2, -0.15) is 0 Å². The third kappa shape index (κ3) is 1.75. The number of aryl methyl sites for hydroxylation is 2. The van der Waals surface area contributed by atoms with Crippen LogP contribution < -0.4 is 0 Å². The molecule has 0 saturated heterocycles. The maximum absolute atomic E-state index is 9.95. The molecule has 2 heteroatoms. The van der Waals surface area contributed by atoms with E-state index in [0.29, 0.717) is 5.75 Å². The number of benzene rings is 1. The zero-order valence-corrected chi connectivity index (χ0v) is 9.26. The summed E-state index contributed by atoms with van der Waals surface area (Å²) in [4.78, 5) is 0. The minimum atomic E-state index is -0.00528. The van der Waals surface area contributed by atoms with Crippen LogP contribution in [0.3, 0.4) is 0 Å². The maximum Gasteiger partial charge on any atom is 0.122 e. The lowest BCUT2D eigenvalue weighted by Gasteiger charge is -2.17. The van der Waals surface area contributed by atoms with Crippen LogP contribution in [0.2, 0.25) is 0 Å². The lowest BCUT2D eigenvalue weighted by Crippen LogP contribution is -2.03. The normalized spacial score (nSPS) is 12.9. The second-order valence-corrected chi connectivity index (χ2v) is 3.98. The van der Waals surface area contributed by atoms with E-state index in [9.17, 15) is 5.11 Å². The van der Waals surface area contributed by atoms with Gasteiger partial charge in [-0.15, -0.1) is 0 Å². The van der Waals surface area contributed by atoms with Crippen molar-refractivity contribution >= 4 is 0 Å². The fourth-order valence-corrected chi connectivity index (χ4v) is 1.80. The van der Waals surface area contributed by atoms with Gasteiger partial charge in [0.05, 0.1) is 0 Å². The predicted molar refractivity (Wildman–Crippen MR) is 57.8 cm³/mol. The van der Waals surface area contributed by atoms with Gasteiger partial charge < -0.3 is 10.2 Å². The number of hydrogen-bond donors (Lipinski definition) is 2. The molecule has 14 heavy (non-hydrogen) atoms. The molecule has 2 N–H and O–H groups in total. The molecule has 0 fully saturated rings. The number of phenolic OH excluding ortho intramolecular Hbond substituents is 1. The quantitative estimate of drug-likeness (QED) is 0.759. The minimum absolute atomic E-state index is 0.00528. The Hall–Kier alpha value is -1.02. The lowest BCUT2D eigenvalue weighted by molar-refractivity contribution is 0.270. The van der Waals surface area contributed by atoms with Gasteiger partial charge in [0.15, 0.2) is 0 Å². The van der Waals surface area contributed by atoms with Crippen molar-refractivity contribution in [1.82, 2.24) is 0 Å². The Morgan fingerprint density at radius 3 is 2.29 bits per heavy atom. The van der Waals surface area contributed by atoms with Gasteiger partial charge >= 0.3 is 0 Å². The van der Waals surface area contributed by atoms with Crippen molar-refractivity contribution in [3.8, 4) is 5.75 Å². The Morgan fingerprint density at radius 1 is 1.21 bits per heavy atom. The number of phenols is 1. The van der Waals surface area contributed by atoms with E-state index in [1.54, 1.807) is 0 Å². The number of aliphatic hydroxyl groups is 1. The van der Waals surface area contributed by atoms with Crippen molar-refractivity contribution < 1.29 is 10.2 Å². The summed E-state index contributed by atoms with van der Waals surface area (Å²) in [5.41, 5.74) is 3.92. The largest absolute Gasteiger partial charge is 0.507 e. The summed E-state index contributed by atoms with van der Waals surface area (Å²) in [6.07, 6.45) is 0. The summed E-state index contributed by atoms with van der Waals surface area (Å²) in [5.74, 6) is 0.332. The molecule has 0 aromatic heterocycles. The fraction of sp³-hybridized carbons (Fsp3) is 0.500. The summed E-state index contributed by atoms with van der Waals surface area (Å²) < 4.78 is 0. The van der Waals surface area contributed by atoms with Crippen molar-refractivity contribution in [1.29, 1.82) is 0 Å². The monoisotopic (exact) mass is 194 g/mol. The predicted octanol–water partition coefficient (Wildman–Crippen LogP) is 2.41. The Bertz CT molecular complexity index is 343. The number of aromatic hydroxyl groups is 1. The Kier molecular flexibility index (Phi) is 3.17. The molecule has 78 valence electrons. The average Bonchev–Trinajstić information content (AvgIpc) is 2.14. The van der Waals surface area contributed by atoms with Gasteiger partial charge in [-0.3, -0.25) is 0 Å². The SMILES string of the molecule is Cc1cc(C)c(C(C)CO)c(O)c1C. The first-order chi connectivity index (χ1) is 6.49. The highest BCUT2D eigenvalue weighted by Gasteiger charge is 2.15. The molecule has 0 aliphatic carbocycles. The second kappa shape index (κ2) is 4.01. The van der Waals surface area contributed by atoms with Gasteiger partial charge in [-0.25, -0.2) is 0 Å². The van der Waals surface area contributed by atoms with Crippen molar-refractivity contribution in [3.63, 3.8) is 0 Å². The molecule has 0 bridgehead atoms. The summed E-state index contributed by atoms with van der Waals surface area (Å²) in [7, 11) is 0. The standard InChI is InChI=1S/C12H18O2/c1-7-5-8(2)11(9(3)6-13)12(14)10(7)4/h5,9,13-14H,6H2,1-4H3. The third-order valence-corrected chi connectivity index (χ3v) is 2.83. The van der Waals surface area contributed by atoms with Gasteiger partial charge in [0.25, 0.3) is 0 Å². The van der Waals surface area contributed by atoms with E-state index in [4.69, 9.17) is 5.11 Å². The first-order valence-electron chi connectivity index (χ1n) is 4.89. The van der Waals surface area contributed by atoms with Crippen LogP contribution in [0.15, 0.2) is 6.07 Å². The number of hydrogen-bond acceptors (Lipinski definition) is 2. The summed E-state index contributed by atoms with van der Waals surface area (Å²) in [5, 5.41) is 19.0. The van der Waals surface area contributed by atoms with Crippen LogP contribution >= 0.6 is 0 Å². The lowest BCUT2D eigenvalue weighted by atomic mass is 9.91. The molecule has 2 nitrogen and oxygen atoms in total. The molecule has 1 unspecified atom stereocenters. The van der Waals surface area contributed by atoms with E-state index >= 15 is 0 Å². The van der Waals surface area contributed by atoms with Crippen molar-refractivity contribution in [2.24, 2.45) is 0 Å². The molecule has 0 saturated carbocycles. The van der Waals surface area contributed by atoms with Gasteiger partial charge in [0.2, 0.25) is 0 Å². The van der Waals surface area contributed by atoms with Crippen LogP contribution in [0.1, 0.15) is 35.1 Å². The van der Waals surface area contributed by atoms with E-state index in [0.717, 1.165) is 22.3 Å². The molecule has 0 heterocycles. The molecular formula is C12H18O2. The minimum Gasteiger partial charge on any atom is -0.507 e. The van der Waals surface area contributed by atoms with Crippen LogP contribution in [0.25, 0.3) is 0 Å². The van der Waals surface area contributed by atoms with Crippen LogP contribution in [-0.2, 0) is 0 Å². The van der Waals surface area contributed by atoms with Gasteiger partial charge in [-0.1, -0.05) is 13.0 Å². The molecule has 0 spiro atoms. The van der Waals surface area contributed by atoms with E-state index < -0.39 is 0 Å². The van der Waals surface area contributed by atoms with Crippen molar-refractivity contribution in [3.05, 3.63) is 28.3 Å². The second-order valence-electron chi connectivity index (χ2n) is 3.98. The van der Waals surface area contributed by atoms with Crippen molar-refractivity contribution in [2.75, 3.05) is 6.61 Å². The topological polar surface area (TPSA) is 40.5 Å². The zero-order valence-electron chi connectivity index (χ0n) is 9.26. The molecule has 0 aliphatic heterocycles. The molecule has 1 rings (SSSR count). The molecular weight excluding hydrogens is 176 g/mol. The van der Waals surface area contributed by atoms with Gasteiger partial charge in [0, 0.05) is 18.1 Å². The van der Waals surface area contributed by atoms with E-state index in [1.807, 2.05) is 27.7 Å². The summed E-state index contributed by atoms with van der Waals surface area (Å²) in [6.45, 7) is 7.83. The number of aliphatic hydroxyl groups excluding tert-OH is 1.